The average Bonchev–Trinajstić information content (AvgIpc) is 3.00. The second-order valence-corrected chi connectivity index (χ2v) is 6.57. The first-order valence-electron chi connectivity index (χ1n) is 8.28. The van der Waals surface area contributed by atoms with E-state index in [0.29, 0.717) is 17.5 Å². The van der Waals surface area contributed by atoms with Crippen LogP contribution in [0.2, 0.25) is 5.02 Å². The van der Waals surface area contributed by atoms with Crippen molar-refractivity contribution in [1.82, 2.24) is 19.7 Å². The second-order valence-electron chi connectivity index (χ2n) is 6.13. The van der Waals surface area contributed by atoms with Gasteiger partial charge in [-0.1, -0.05) is 11.6 Å². The first-order chi connectivity index (χ1) is 11.6. The molecule has 3 rings (SSSR count). The zero-order chi connectivity index (χ0) is 17.1. The zero-order valence-corrected chi connectivity index (χ0v) is 14.5. The van der Waals surface area contributed by atoms with E-state index in [1.54, 1.807) is 0 Å². The van der Waals surface area contributed by atoms with Gasteiger partial charge in [0.25, 0.3) is 0 Å². The summed E-state index contributed by atoms with van der Waals surface area (Å²) in [5, 5.41) is 5.35. The molecule has 0 saturated carbocycles. The molecule has 1 aliphatic heterocycles. The number of hydrogen-bond donors (Lipinski definition) is 1. The minimum atomic E-state index is -0.268. The molecule has 0 spiro atoms. The van der Waals surface area contributed by atoms with Gasteiger partial charge in [-0.2, -0.15) is 5.10 Å². The molecule has 1 amide bonds. The molecule has 1 aromatic carbocycles. The molecule has 2 heterocycles. The van der Waals surface area contributed by atoms with E-state index >= 15 is 0 Å². The van der Waals surface area contributed by atoms with E-state index in [-0.39, 0.29) is 5.91 Å². The molecule has 1 aromatic heterocycles. The van der Waals surface area contributed by atoms with Crippen LogP contribution in [0.25, 0.3) is 11.4 Å². The molecule has 128 valence electrons. The number of rotatable bonds is 5. The molecule has 0 unspecified atom stereocenters. The predicted octanol–water partition coefficient (Wildman–Crippen LogP) is 2.28. The smallest absolute Gasteiger partial charge is 0.231 e. The number of likely N-dealkylation sites (tertiary alicyclic amines) is 1. The summed E-state index contributed by atoms with van der Waals surface area (Å²) in [4.78, 5) is 17.9. The topological polar surface area (TPSA) is 77.0 Å². The summed E-state index contributed by atoms with van der Waals surface area (Å²) >= 11 is 5.95. The third kappa shape index (κ3) is 3.76. The fourth-order valence-electron chi connectivity index (χ4n) is 3.18. The Labute approximate surface area is 146 Å². The molecule has 0 radical (unpaired) electrons. The van der Waals surface area contributed by atoms with Gasteiger partial charge in [0.05, 0.1) is 6.54 Å². The van der Waals surface area contributed by atoms with Crippen LogP contribution in [0.5, 0.6) is 0 Å². The molecule has 0 atom stereocenters. The van der Waals surface area contributed by atoms with Gasteiger partial charge in [0.15, 0.2) is 5.82 Å². The Bertz CT molecular complexity index is 704. The number of carbonyl (C=O) groups excluding carboxylic acids is 1. The molecule has 7 heteroatoms. The fourth-order valence-corrected chi connectivity index (χ4v) is 3.31. The summed E-state index contributed by atoms with van der Waals surface area (Å²) in [6, 6.07) is 7.59. The maximum Gasteiger partial charge on any atom is 0.231 e. The van der Waals surface area contributed by atoms with E-state index in [1.165, 1.54) is 0 Å². The van der Waals surface area contributed by atoms with Gasteiger partial charge in [-0.15, -0.1) is 0 Å². The molecule has 0 bridgehead atoms. The van der Waals surface area contributed by atoms with Crippen molar-refractivity contribution in [3.63, 3.8) is 0 Å². The Morgan fingerprint density at radius 1 is 1.29 bits per heavy atom. The third-order valence-electron chi connectivity index (χ3n) is 4.43. The molecule has 1 saturated heterocycles. The summed E-state index contributed by atoms with van der Waals surface area (Å²) < 4.78 is 1.98. The zero-order valence-electron chi connectivity index (χ0n) is 13.8. The Hall–Kier alpha value is -1.92. The lowest BCUT2D eigenvalue weighted by Gasteiger charge is -2.30. The van der Waals surface area contributed by atoms with Crippen molar-refractivity contribution in [3.8, 4) is 11.4 Å². The fraction of sp³-hybridized carbons (Fsp3) is 0.471. The second kappa shape index (κ2) is 7.32. The van der Waals surface area contributed by atoms with E-state index in [4.69, 9.17) is 22.3 Å². The van der Waals surface area contributed by atoms with Crippen molar-refractivity contribution in [3.05, 3.63) is 35.1 Å². The Morgan fingerprint density at radius 3 is 2.54 bits per heavy atom. The molecule has 2 aromatic rings. The minimum absolute atomic E-state index is 0.268. The molecule has 1 fully saturated rings. The number of nitrogens with two attached hydrogens (primary N) is 1. The minimum Gasteiger partial charge on any atom is -0.369 e. The highest BCUT2D eigenvalue weighted by Gasteiger charge is 2.26. The van der Waals surface area contributed by atoms with Crippen LogP contribution in [-0.4, -0.2) is 45.2 Å². The van der Waals surface area contributed by atoms with Crippen LogP contribution in [0.3, 0.4) is 0 Å². The maximum atomic E-state index is 11.0. The summed E-state index contributed by atoms with van der Waals surface area (Å²) in [5.74, 6) is 1.86. The Morgan fingerprint density at radius 2 is 1.96 bits per heavy atom. The van der Waals surface area contributed by atoms with Gasteiger partial charge in [0, 0.05) is 23.0 Å². The van der Waals surface area contributed by atoms with Crippen LogP contribution < -0.4 is 5.73 Å². The summed E-state index contributed by atoms with van der Waals surface area (Å²) in [5.41, 5.74) is 6.25. The van der Waals surface area contributed by atoms with E-state index in [9.17, 15) is 4.79 Å². The predicted molar refractivity (Wildman–Crippen MR) is 93.8 cm³/mol. The van der Waals surface area contributed by atoms with Crippen molar-refractivity contribution < 1.29 is 4.79 Å². The van der Waals surface area contributed by atoms with Crippen LogP contribution in [0.4, 0.5) is 0 Å². The monoisotopic (exact) mass is 347 g/mol. The highest BCUT2D eigenvalue weighted by atomic mass is 35.5. The van der Waals surface area contributed by atoms with Gasteiger partial charge in [0.2, 0.25) is 5.91 Å². The number of amides is 1. The lowest BCUT2D eigenvalue weighted by Crippen LogP contribution is -2.39. The summed E-state index contributed by atoms with van der Waals surface area (Å²) in [6.07, 6.45) is 1.93. The molecule has 24 heavy (non-hydrogen) atoms. The van der Waals surface area contributed by atoms with Crippen molar-refractivity contribution >= 4 is 17.5 Å². The number of benzene rings is 1. The highest BCUT2D eigenvalue weighted by molar-refractivity contribution is 6.30. The van der Waals surface area contributed by atoms with Gasteiger partial charge in [-0.05, 0) is 57.1 Å². The first-order valence-corrected chi connectivity index (χ1v) is 8.66. The number of nitrogens with zero attached hydrogens (tertiary/aromatic N) is 4. The first kappa shape index (κ1) is 16.9. The van der Waals surface area contributed by atoms with Crippen LogP contribution in [0.15, 0.2) is 24.3 Å². The summed E-state index contributed by atoms with van der Waals surface area (Å²) in [7, 11) is 0. The van der Waals surface area contributed by atoms with Gasteiger partial charge in [-0.25, -0.2) is 9.67 Å². The van der Waals surface area contributed by atoms with E-state index in [0.717, 1.165) is 49.7 Å². The standard InChI is InChI=1S/C17H22ClN5O/c1-2-23-17(13-7-9-22(10-8-13)11-15(19)24)20-16(21-23)12-3-5-14(18)6-4-12/h3-6,13H,2,7-11H2,1H3,(H2,19,24). The number of piperidine rings is 1. The van der Waals surface area contributed by atoms with E-state index < -0.39 is 0 Å². The van der Waals surface area contributed by atoms with Crippen LogP contribution in [-0.2, 0) is 11.3 Å². The quantitative estimate of drug-likeness (QED) is 0.900. The van der Waals surface area contributed by atoms with Gasteiger partial charge >= 0.3 is 0 Å². The number of aromatic nitrogens is 3. The third-order valence-corrected chi connectivity index (χ3v) is 4.69. The lowest BCUT2D eigenvalue weighted by atomic mass is 9.96. The number of halogens is 1. The van der Waals surface area contributed by atoms with Gasteiger partial charge in [0.1, 0.15) is 5.82 Å². The molecule has 0 aliphatic carbocycles. The molecular formula is C17H22ClN5O. The molecule has 6 nitrogen and oxygen atoms in total. The van der Waals surface area contributed by atoms with Crippen LogP contribution in [0, 0.1) is 0 Å². The normalized spacial score (nSPS) is 16.4. The molecular weight excluding hydrogens is 326 g/mol. The van der Waals surface area contributed by atoms with Crippen molar-refractivity contribution in [2.24, 2.45) is 5.73 Å². The lowest BCUT2D eigenvalue weighted by molar-refractivity contribution is -0.119. The van der Waals surface area contributed by atoms with Gasteiger partial charge < -0.3 is 5.73 Å². The highest BCUT2D eigenvalue weighted by Crippen LogP contribution is 2.29. The SMILES string of the molecule is CCn1nc(-c2ccc(Cl)cc2)nc1C1CCN(CC(N)=O)CC1. The Kier molecular flexibility index (Phi) is 5.16. The number of aryl methyl sites for hydroxylation is 1. The largest absolute Gasteiger partial charge is 0.369 e. The van der Waals surface area contributed by atoms with E-state index in [1.807, 2.05) is 28.9 Å². The molecule has 1 aliphatic rings. The van der Waals surface area contributed by atoms with Gasteiger partial charge in [-0.3, -0.25) is 9.69 Å². The number of hydrogen-bond acceptors (Lipinski definition) is 4. The maximum absolute atomic E-state index is 11.0. The Balaban J connectivity index is 1.76. The van der Waals surface area contributed by atoms with Crippen molar-refractivity contribution in [2.75, 3.05) is 19.6 Å². The summed E-state index contributed by atoms with van der Waals surface area (Å²) in [6.45, 7) is 4.92. The average molecular weight is 348 g/mol. The van der Waals surface area contributed by atoms with Crippen molar-refractivity contribution in [2.45, 2.75) is 32.2 Å². The van der Waals surface area contributed by atoms with E-state index in [2.05, 4.69) is 16.9 Å². The molecule has 2 N–H and O–H groups in total. The number of carbonyl (C=O) groups is 1. The van der Waals surface area contributed by atoms with Crippen molar-refractivity contribution in [1.29, 1.82) is 0 Å². The van der Waals surface area contributed by atoms with Crippen LogP contribution in [0.1, 0.15) is 31.5 Å². The van der Waals surface area contributed by atoms with Crippen LogP contribution >= 0.6 is 11.6 Å². The number of primary amides is 1.